The molecule has 8 nitrogen and oxygen atoms in total. The van der Waals surface area contributed by atoms with Gasteiger partial charge in [-0.15, -0.1) is 24.0 Å². The molecule has 2 heterocycles. The van der Waals surface area contributed by atoms with Crippen LogP contribution < -0.4 is 15.0 Å². The minimum atomic E-state index is 0. The average molecular weight is 557 g/mol. The van der Waals surface area contributed by atoms with Crippen molar-refractivity contribution in [2.45, 2.75) is 19.8 Å². The lowest BCUT2D eigenvalue weighted by Gasteiger charge is -2.36. The van der Waals surface area contributed by atoms with Crippen LogP contribution in [-0.2, 0) is 4.74 Å². The largest absolute Gasteiger partial charge is 0.480 e. The molecule has 1 aromatic heterocycles. The Bertz CT molecular complexity index is 585. The normalized spacial score (nSPS) is 14.7. The van der Waals surface area contributed by atoms with Crippen molar-refractivity contribution in [3.8, 4) is 5.88 Å². The second-order valence-electron chi connectivity index (χ2n) is 5.94. The molecule has 1 fully saturated rings. The summed E-state index contributed by atoms with van der Waals surface area (Å²) in [6.45, 7) is 7.84. The van der Waals surface area contributed by atoms with Gasteiger partial charge in [-0.05, 0) is 22.4 Å². The molecule has 154 valence electrons. The molecule has 0 unspecified atom stereocenters. The average Bonchev–Trinajstić information content (AvgIpc) is 2.68. The molecule has 1 aromatic rings. The monoisotopic (exact) mass is 556 g/mol. The van der Waals surface area contributed by atoms with Crippen molar-refractivity contribution in [2.24, 2.45) is 4.99 Å². The Labute approximate surface area is 187 Å². The molecule has 0 amide bonds. The van der Waals surface area contributed by atoms with Crippen molar-refractivity contribution in [1.82, 2.24) is 20.2 Å². The minimum Gasteiger partial charge on any atom is -0.480 e. The van der Waals surface area contributed by atoms with Gasteiger partial charge < -0.3 is 24.6 Å². The van der Waals surface area contributed by atoms with Crippen LogP contribution in [0.1, 0.15) is 19.8 Å². The number of hydrogen-bond acceptors (Lipinski definition) is 6. The van der Waals surface area contributed by atoms with Gasteiger partial charge >= 0.3 is 0 Å². The molecule has 0 saturated carbocycles. The van der Waals surface area contributed by atoms with Crippen LogP contribution in [0, 0.1) is 0 Å². The van der Waals surface area contributed by atoms with E-state index in [0.29, 0.717) is 18.4 Å². The lowest BCUT2D eigenvalue weighted by molar-refractivity contribution is 0.135. The van der Waals surface area contributed by atoms with Crippen molar-refractivity contribution in [3.63, 3.8) is 0 Å². The first-order valence-corrected chi connectivity index (χ1v) is 9.83. The van der Waals surface area contributed by atoms with Crippen LogP contribution in [0.4, 0.5) is 5.95 Å². The van der Waals surface area contributed by atoms with E-state index in [2.05, 4.69) is 52.9 Å². The molecule has 1 aliphatic heterocycles. The summed E-state index contributed by atoms with van der Waals surface area (Å²) < 4.78 is 11.6. The lowest BCUT2D eigenvalue weighted by atomic mass is 10.3. The summed E-state index contributed by atoms with van der Waals surface area (Å²) in [5, 5.41) is 3.37. The molecule has 1 saturated heterocycles. The van der Waals surface area contributed by atoms with Gasteiger partial charge in [-0.1, -0.05) is 13.3 Å². The number of aromatic nitrogens is 2. The number of rotatable bonds is 8. The van der Waals surface area contributed by atoms with Gasteiger partial charge in [-0.25, -0.2) is 4.98 Å². The third-order valence-corrected chi connectivity index (χ3v) is 4.68. The maximum Gasteiger partial charge on any atom is 0.232 e. The molecule has 0 spiro atoms. The maximum absolute atomic E-state index is 5.59. The van der Waals surface area contributed by atoms with Gasteiger partial charge in [0, 0.05) is 46.4 Å². The van der Waals surface area contributed by atoms with Crippen LogP contribution in [0.2, 0.25) is 0 Å². The minimum absolute atomic E-state index is 0. The van der Waals surface area contributed by atoms with Gasteiger partial charge in [-0.3, -0.25) is 4.99 Å². The molecule has 0 atom stereocenters. The predicted octanol–water partition coefficient (Wildman–Crippen LogP) is 2.38. The predicted molar refractivity (Wildman–Crippen MR) is 123 cm³/mol. The number of guanidine groups is 1. The first-order valence-electron chi connectivity index (χ1n) is 9.04. The Morgan fingerprint density at radius 3 is 2.67 bits per heavy atom. The fourth-order valence-corrected chi connectivity index (χ4v) is 3.03. The van der Waals surface area contributed by atoms with E-state index in [-0.39, 0.29) is 24.0 Å². The quantitative estimate of drug-likeness (QED) is 0.228. The Hall–Kier alpha value is -0.880. The topological polar surface area (TPSA) is 75.1 Å². The van der Waals surface area contributed by atoms with Gasteiger partial charge in [0.2, 0.25) is 11.8 Å². The first kappa shape index (κ1) is 24.2. The molecule has 10 heteroatoms. The smallest absolute Gasteiger partial charge is 0.232 e. The van der Waals surface area contributed by atoms with E-state index in [1.165, 1.54) is 0 Å². The number of unbranched alkanes of at least 4 members (excludes halogenated alkanes) is 1. The Kier molecular flexibility index (Phi) is 11.9. The molecule has 0 aromatic carbocycles. The van der Waals surface area contributed by atoms with E-state index in [1.807, 2.05) is 7.05 Å². The number of nitrogens with one attached hydrogen (secondary N) is 1. The molecule has 2 rings (SSSR count). The number of piperazine rings is 1. The summed E-state index contributed by atoms with van der Waals surface area (Å²) >= 11 is 3.39. The summed E-state index contributed by atoms with van der Waals surface area (Å²) in [5.41, 5.74) is 0. The highest BCUT2D eigenvalue weighted by Gasteiger charge is 2.22. The fraction of sp³-hybridized carbons (Fsp3) is 0.706. The number of nitrogens with zero attached hydrogens (tertiary/aromatic N) is 5. The van der Waals surface area contributed by atoms with E-state index in [9.17, 15) is 0 Å². The van der Waals surface area contributed by atoms with Gasteiger partial charge in [-0.2, -0.15) is 4.98 Å². The fourth-order valence-electron chi connectivity index (χ4n) is 2.67. The molecule has 1 aliphatic rings. The second kappa shape index (κ2) is 13.3. The molecule has 0 aliphatic carbocycles. The van der Waals surface area contributed by atoms with Gasteiger partial charge in [0.25, 0.3) is 0 Å². The number of ether oxygens (including phenoxy) is 2. The van der Waals surface area contributed by atoms with E-state index in [0.717, 1.165) is 62.6 Å². The van der Waals surface area contributed by atoms with Crippen LogP contribution in [0.15, 0.2) is 15.7 Å². The highest BCUT2D eigenvalue weighted by molar-refractivity contribution is 14.0. The van der Waals surface area contributed by atoms with Crippen LogP contribution >= 0.6 is 39.9 Å². The summed E-state index contributed by atoms with van der Waals surface area (Å²) in [5.74, 6) is 2.16. The van der Waals surface area contributed by atoms with E-state index in [4.69, 9.17) is 9.47 Å². The molecular formula is C17H30BrIN6O2. The van der Waals surface area contributed by atoms with Crippen molar-refractivity contribution in [3.05, 3.63) is 10.7 Å². The zero-order valence-electron chi connectivity index (χ0n) is 16.3. The van der Waals surface area contributed by atoms with Gasteiger partial charge in [0.15, 0.2) is 5.96 Å². The zero-order chi connectivity index (χ0) is 18.8. The summed E-state index contributed by atoms with van der Waals surface area (Å²) in [6.07, 6.45) is 4.00. The second-order valence-corrected chi connectivity index (χ2v) is 6.80. The Balaban J connectivity index is 0.00000364. The van der Waals surface area contributed by atoms with Crippen molar-refractivity contribution >= 4 is 51.8 Å². The van der Waals surface area contributed by atoms with Crippen LogP contribution in [-0.4, -0.2) is 80.9 Å². The third kappa shape index (κ3) is 7.57. The van der Waals surface area contributed by atoms with E-state index in [1.54, 1.807) is 13.3 Å². The number of halogens is 2. The van der Waals surface area contributed by atoms with E-state index < -0.39 is 0 Å². The highest BCUT2D eigenvalue weighted by atomic mass is 127. The lowest BCUT2D eigenvalue weighted by Crippen LogP contribution is -2.53. The molecular weight excluding hydrogens is 527 g/mol. The standard InChI is InChI=1S/C17H29BrN6O2.HI/c1-4-5-11-26-12-6-20-16(19-2)23-7-9-24(10-8-23)17-21-13-14(18)15(22-17)25-3;/h13H,4-12H2,1-3H3,(H,19,20);1H. The van der Waals surface area contributed by atoms with Crippen LogP contribution in [0.3, 0.4) is 0 Å². The van der Waals surface area contributed by atoms with Crippen LogP contribution in [0.5, 0.6) is 5.88 Å². The van der Waals surface area contributed by atoms with E-state index >= 15 is 0 Å². The van der Waals surface area contributed by atoms with Crippen molar-refractivity contribution in [2.75, 3.05) is 65.0 Å². The molecule has 0 radical (unpaired) electrons. The summed E-state index contributed by atoms with van der Waals surface area (Å²) in [4.78, 5) is 17.6. The number of hydrogen-bond donors (Lipinski definition) is 1. The van der Waals surface area contributed by atoms with Crippen molar-refractivity contribution < 1.29 is 9.47 Å². The van der Waals surface area contributed by atoms with Crippen molar-refractivity contribution in [1.29, 1.82) is 0 Å². The first-order chi connectivity index (χ1) is 12.7. The van der Waals surface area contributed by atoms with Crippen LogP contribution in [0.25, 0.3) is 0 Å². The molecule has 0 bridgehead atoms. The maximum atomic E-state index is 5.59. The highest BCUT2D eigenvalue weighted by Crippen LogP contribution is 2.23. The number of methoxy groups -OCH3 is 1. The molecule has 1 N–H and O–H groups in total. The van der Waals surface area contributed by atoms with Gasteiger partial charge in [0.05, 0.1) is 24.4 Å². The SMILES string of the molecule is CCCCOCCNC(=NC)N1CCN(c2ncc(Br)c(OC)n2)CC1.I. The Morgan fingerprint density at radius 2 is 2.04 bits per heavy atom. The van der Waals surface area contributed by atoms with Gasteiger partial charge in [0.1, 0.15) is 0 Å². The third-order valence-electron chi connectivity index (χ3n) is 4.14. The summed E-state index contributed by atoms with van der Waals surface area (Å²) in [7, 11) is 3.42. The summed E-state index contributed by atoms with van der Waals surface area (Å²) in [6, 6.07) is 0. The molecule has 27 heavy (non-hydrogen) atoms. The number of anilines is 1. The zero-order valence-corrected chi connectivity index (χ0v) is 20.2. The number of aliphatic imine (C=N–C) groups is 1. The Morgan fingerprint density at radius 1 is 1.30 bits per heavy atom.